The van der Waals surface area contributed by atoms with Crippen molar-refractivity contribution in [3.63, 3.8) is 0 Å². The van der Waals surface area contributed by atoms with Crippen molar-refractivity contribution >= 4 is 28.1 Å². The van der Waals surface area contributed by atoms with E-state index in [4.69, 9.17) is 4.74 Å². The molecule has 118 valence electrons. The highest BCUT2D eigenvalue weighted by molar-refractivity contribution is 7.14. The van der Waals surface area contributed by atoms with Gasteiger partial charge in [0.25, 0.3) is 5.91 Å². The van der Waals surface area contributed by atoms with E-state index in [-0.39, 0.29) is 11.9 Å². The fourth-order valence-electron chi connectivity index (χ4n) is 1.87. The molecule has 0 radical (unpaired) electrons. The maximum absolute atomic E-state index is 12.0. The molecule has 0 aliphatic rings. The maximum atomic E-state index is 12.0. The Labute approximate surface area is 134 Å². The number of aromatic nitrogens is 1. The number of hydrogen-bond acceptors (Lipinski definition) is 5. The van der Waals surface area contributed by atoms with Crippen molar-refractivity contribution < 1.29 is 9.53 Å². The minimum absolute atomic E-state index is 0.141. The molecule has 1 aromatic carbocycles. The summed E-state index contributed by atoms with van der Waals surface area (Å²) in [5.41, 5.74) is 2.39. The molecule has 0 saturated heterocycles. The number of methoxy groups -OCH3 is 1. The third-order valence-electron chi connectivity index (χ3n) is 3.32. The van der Waals surface area contributed by atoms with Crippen LogP contribution in [0.3, 0.4) is 0 Å². The number of ether oxygens (including phenoxy) is 1. The van der Waals surface area contributed by atoms with E-state index in [1.165, 1.54) is 11.3 Å². The molecule has 5 nitrogen and oxygen atoms in total. The van der Waals surface area contributed by atoms with Crippen LogP contribution in [0.1, 0.15) is 36.3 Å². The molecule has 22 heavy (non-hydrogen) atoms. The van der Waals surface area contributed by atoms with Gasteiger partial charge in [-0.2, -0.15) is 0 Å². The van der Waals surface area contributed by atoms with Gasteiger partial charge in [-0.1, -0.05) is 13.0 Å². The summed E-state index contributed by atoms with van der Waals surface area (Å²) in [4.78, 5) is 16.4. The zero-order chi connectivity index (χ0) is 16.1. The summed E-state index contributed by atoms with van der Waals surface area (Å²) in [5, 5.41) is 8.53. The molecule has 1 amide bonds. The third kappa shape index (κ3) is 3.98. The molecular weight excluding hydrogens is 298 g/mol. The van der Waals surface area contributed by atoms with E-state index in [1.54, 1.807) is 12.5 Å². The predicted octanol–water partition coefficient (Wildman–Crippen LogP) is 3.73. The number of thiazole rings is 1. The van der Waals surface area contributed by atoms with Crippen LogP contribution in [-0.2, 0) is 0 Å². The van der Waals surface area contributed by atoms with E-state index in [0.29, 0.717) is 10.8 Å². The molecule has 0 saturated carbocycles. The lowest BCUT2D eigenvalue weighted by Crippen LogP contribution is -2.32. The molecule has 0 aliphatic carbocycles. The Bertz CT molecular complexity index is 655. The van der Waals surface area contributed by atoms with Gasteiger partial charge < -0.3 is 15.4 Å². The number of carbonyl (C=O) groups is 1. The molecule has 1 unspecified atom stereocenters. The second-order valence-corrected chi connectivity index (χ2v) is 6.01. The van der Waals surface area contributed by atoms with E-state index in [0.717, 1.165) is 23.4 Å². The summed E-state index contributed by atoms with van der Waals surface area (Å²) in [6.45, 7) is 6.02. The second kappa shape index (κ2) is 7.26. The van der Waals surface area contributed by atoms with Crippen molar-refractivity contribution in [2.75, 3.05) is 12.4 Å². The molecule has 1 aromatic heterocycles. The maximum Gasteiger partial charge on any atom is 0.271 e. The molecule has 2 aromatic rings. The summed E-state index contributed by atoms with van der Waals surface area (Å²) in [6, 6.07) is 6.01. The fourth-order valence-corrected chi connectivity index (χ4v) is 2.57. The topological polar surface area (TPSA) is 63.2 Å². The number of carbonyl (C=O) groups excluding carboxylic acids is 1. The molecule has 2 rings (SSSR count). The minimum atomic E-state index is -0.144. The standard InChI is InChI=1S/C16H21N3O2S/c1-5-11(3)17-15(20)13-9-22-16(19-13)18-12-8-10(2)6-7-14(12)21-4/h6-9,11H,5H2,1-4H3,(H,17,20)(H,18,19). The van der Waals surface area contributed by atoms with Crippen molar-refractivity contribution in [3.8, 4) is 5.75 Å². The summed E-state index contributed by atoms with van der Waals surface area (Å²) in [7, 11) is 1.63. The van der Waals surface area contributed by atoms with Crippen molar-refractivity contribution in [3.05, 3.63) is 34.8 Å². The number of rotatable bonds is 6. The van der Waals surface area contributed by atoms with Crippen molar-refractivity contribution in [2.24, 2.45) is 0 Å². The first-order valence-corrected chi connectivity index (χ1v) is 8.09. The molecule has 0 spiro atoms. The number of benzene rings is 1. The smallest absolute Gasteiger partial charge is 0.271 e. The molecule has 1 atom stereocenters. The van der Waals surface area contributed by atoms with E-state index in [9.17, 15) is 4.79 Å². The lowest BCUT2D eigenvalue weighted by Gasteiger charge is -2.10. The van der Waals surface area contributed by atoms with Gasteiger partial charge in [-0.3, -0.25) is 4.79 Å². The summed E-state index contributed by atoms with van der Waals surface area (Å²) in [6.07, 6.45) is 0.890. The van der Waals surface area contributed by atoms with Gasteiger partial charge in [0.05, 0.1) is 12.8 Å². The van der Waals surface area contributed by atoms with Crippen LogP contribution in [0.15, 0.2) is 23.6 Å². The lowest BCUT2D eigenvalue weighted by atomic mass is 10.2. The van der Waals surface area contributed by atoms with E-state index >= 15 is 0 Å². The van der Waals surface area contributed by atoms with Gasteiger partial charge in [-0.05, 0) is 38.0 Å². The minimum Gasteiger partial charge on any atom is -0.495 e. The Balaban J connectivity index is 2.12. The van der Waals surface area contributed by atoms with Crippen LogP contribution in [-0.4, -0.2) is 24.0 Å². The van der Waals surface area contributed by atoms with Crippen LogP contribution < -0.4 is 15.4 Å². The monoisotopic (exact) mass is 319 g/mol. The van der Waals surface area contributed by atoms with Crippen LogP contribution in [0.5, 0.6) is 5.75 Å². The molecule has 0 fully saturated rings. The Morgan fingerprint density at radius 2 is 2.23 bits per heavy atom. The molecule has 2 N–H and O–H groups in total. The first-order chi connectivity index (χ1) is 10.5. The number of aryl methyl sites for hydroxylation is 1. The first-order valence-electron chi connectivity index (χ1n) is 7.21. The van der Waals surface area contributed by atoms with Crippen LogP contribution in [0.2, 0.25) is 0 Å². The number of nitrogens with one attached hydrogen (secondary N) is 2. The average molecular weight is 319 g/mol. The Morgan fingerprint density at radius 1 is 1.45 bits per heavy atom. The first kappa shape index (κ1) is 16.3. The van der Waals surface area contributed by atoms with Crippen LogP contribution >= 0.6 is 11.3 Å². The number of hydrogen-bond donors (Lipinski definition) is 2. The number of anilines is 2. The fraction of sp³-hybridized carbons (Fsp3) is 0.375. The zero-order valence-corrected chi connectivity index (χ0v) is 14.1. The van der Waals surface area contributed by atoms with E-state index in [2.05, 4.69) is 15.6 Å². The number of nitrogens with zero attached hydrogens (tertiary/aromatic N) is 1. The lowest BCUT2D eigenvalue weighted by molar-refractivity contribution is 0.0935. The normalized spacial score (nSPS) is 11.8. The number of amides is 1. The van der Waals surface area contributed by atoms with E-state index < -0.39 is 0 Å². The van der Waals surface area contributed by atoms with Gasteiger partial charge in [0, 0.05) is 11.4 Å². The highest BCUT2D eigenvalue weighted by Crippen LogP contribution is 2.29. The van der Waals surface area contributed by atoms with Gasteiger partial charge in [0.1, 0.15) is 11.4 Å². The Morgan fingerprint density at radius 3 is 2.91 bits per heavy atom. The second-order valence-electron chi connectivity index (χ2n) is 5.15. The van der Waals surface area contributed by atoms with Gasteiger partial charge in [-0.25, -0.2) is 4.98 Å². The quantitative estimate of drug-likeness (QED) is 0.851. The van der Waals surface area contributed by atoms with Gasteiger partial charge >= 0.3 is 0 Å². The Kier molecular flexibility index (Phi) is 5.38. The van der Waals surface area contributed by atoms with Gasteiger partial charge in [0.2, 0.25) is 0 Å². The van der Waals surface area contributed by atoms with Crippen molar-refractivity contribution in [1.82, 2.24) is 10.3 Å². The summed E-state index contributed by atoms with van der Waals surface area (Å²) >= 11 is 1.39. The largest absolute Gasteiger partial charge is 0.495 e. The third-order valence-corrected chi connectivity index (χ3v) is 4.08. The molecule has 0 aliphatic heterocycles. The molecular formula is C16H21N3O2S. The molecule has 1 heterocycles. The highest BCUT2D eigenvalue weighted by atomic mass is 32.1. The molecule has 6 heteroatoms. The van der Waals surface area contributed by atoms with Crippen molar-refractivity contribution in [2.45, 2.75) is 33.2 Å². The summed E-state index contributed by atoms with van der Waals surface area (Å²) < 4.78 is 5.33. The van der Waals surface area contributed by atoms with Gasteiger partial charge in [0.15, 0.2) is 5.13 Å². The van der Waals surface area contributed by atoms with Gasteiger partial charge in [-0.15, -0.1) is 11.3 Å². The SMILES string of the molecule is CCC(C)NC(=O)c1csc(Nc2cc(C)ccc2OC)n1. The Hall–Kier alpha value is -2.08. The summed E-state index contributed by atoms with van der Waals surface area (Å²) in [5.74, 6) is 0.598. The van der Waals surface area contributed by atoms with Crippen LogP contribution in [0.25, 0.3) is 0 Å². The van der Waals surface area contributed by atoms with Crippen LogP contribution in [0, 0.1) is 6.92 Å². The van der Waals surface area contributed by atoms with E-state index in [1.807, 2.05) is 39.0 Å². The highest BCUT2D eigenvalue weighted by Gasteiger charge is 2.13. The molecule has 0 bridgehead atoms. The van der Waals surface area contributed by atoms with Crippen LogP contribution in [0.4, 0.5) is 10.8 Å². The average Bonchev–Trinajstić information content (AvgIpc) is 2.96. The zero-order valence-electron chi connectivity index (χ0n) is 13.3. The van der Waals surface area contributed by atoms with Crippen molar-refractivity contribution in [1.29, 1.82) is 0 Å². The predicted molar refractivity (Wildman–Crippen MR) is 90.3 cm³/mol.